The molecule has 106 valence electrons. The number of nitrogens with zero attached hydrogens (tertiary/aromatic N) is 3. The van der Waals surface area contributed by atoms with E-state index in [1.807, 2.05) is 12.3 Å². The molecule has 1 aromatic carbocycles. The van der Waals surface area contributed by atoms with Crippen LogP contribution in [0, 0.1) is 0 Å². The minimum Gasteiger partial charge on any atom is -0.399 e. The second kappa shape index (κ2) is 5.38. The van der Waals surface area contributed by atoms with Gasteiger partial charge >= 0.3 is 0 Å². The summed E-state index contributed by atoms with van der Waals surface area (Å²) < 4.78 is 0. The SMILES string of the molecule is CSc1ncc2cc(-c3cc(N)ccc3Cl)c(N)nc2n1. The number of fused-ring (bicyclic) bond motifs is 1. The molecule has 0 radical (unpaired) electrons. The quantitative estimate of drug-likeness (QED) is 0.428. The lowest BCUT2D eigenvalue weighted by atomic mass is 10.0. The first kappa shape index (κ1) is 13.9. The summed E-state index contributed by atoms with van der Waals surface area (Å²) in [7, 11) is 0. The molecule has 4 N–H and O–H groups in total. The summed E-state index contributed by atoms with van der Waals surface area (Å²) in [6.45, 7) is 0. The van der Waals surface area contributed by atoms with E-state index in [1.165, 1.54) is 11.8 Å². The Morgan fingerprint density at radius 3 is 2.67 bits per heavy atom. The van der Waals surface area contributed by atoms with Gasteiger partial charge in [-0.3, -0.25) is 0 Å². The molecule has 21 heavy (non-hydrogen) atoms. The smallest absolute Gasteiger partial charge is 0.189 e. The lowest BCUT2D eigenvalue weighted by molar-refractivity contribution is 0.993. The molecule has 0 aliphatic heterocycles. The van der Waals surface area contributed by atoms with Gasteiger partial charge in [-0.25, -0.2) is 15.0 Å². The molecule has 7 heteroatoms. The first-order valence-corrected chi connectivity index (χ1v) is 7.71. The molecule has 0 aliphatic carbocycles. The van der Waals surface area contributed by atoms with Crippen LogP contribution in [-0.4, -0.2) is 21.2 Å². The van der Waals surface area contributed by atoms with E-state index in [4.69, 9.17) is 23.1 Å². The summed E-state index contributed by atoms with van der Waals surface area (Å²) in [4.78, 5) is 12.9. The Kier molecular flexibility index (Phi) is 3.57. The number of aromatic nitrogens is 3. The Bertz CT molecular complexity index is 837. The van der Waals surface area contributed by atoms with Gasteiger partial charge in [0.25, 0.3) is 0 Å². The number of nitrogens with two attached hydrogens (primary N) is 2. The van der Waals surface area contributed by atoms with E-state index in [2.05, 4.69) is 15.0 Å². The van der Waals surface area contributed by atoms with Crippen LogP contribution >= 0.6 is 23.4 Å². The van der Waals surface area contributed by atoms with Crippen molar-refractivity contribution in [1.82, 2.24) is 15.0 Å². The number of anilines is 2. The van der Waals surface area contributed by atoms with Crippen molar-refractivity contribution in [2.24, 2.45) is 0 Å². The van der Waals surface area contributed by atoms with Gasteiger partial charge < -0.3 is 11.5 Å². The summed E-state index contributed by atoms with van der Waals surface area (Å²) in [6.07, 6.45) is 3.63. The van der Waals surface area contributed by atoms with Crippen LogP contribution in [0.3, 0.4) is 0 Å². The molecule has 0 unspecified atom stereocenters. The van der Waals surface area contributed by atoms with Gasteiger partial charge in [0.15, 0.2) is 10.8 Å². The van der Waals surface area contributed by atoms with E-state index >= 15 is 0 Å². The van der Waals surface area contributed by atoms with Crippen LogP contribution in [0.4, 0.5) is 11.5 Å². The molecule has 2 heterocycles. The third-order valence-electron chi connectivity index (χ3n) is 3.04. The van der Waals surface area contributed by atoms with Gasteiger partial charge in [0.05, 0.1) is 0 Å². The fourth-order valence-corrected chi connectivity index (χ4v) is 2.58. The highest BCUT2D eigenvalue weighted by atomic mass is 35.5. The first-order chi connectivity index (χ1) is 10.1. The number of benzene rings is 1. The Morgan fingerprint density at radius 2 is 1.90 bits per heavy atom. The summed E-state index contributed by atoms with van der Waals surface area (Å²) in [6, 6.07) is 7.13. The number of rotatable bonds is 2. The minimum atomic E-state index is 0.362. The molecule has 0 amide bonds. The van der Waals surface area contributed by atoms with Crippen molar-refractivity contribution in [2.75, 3.05) is 17.7 Å². The Balaban J connectivity index is 2.24. The molecular weight excluding hydrogens is 306 g/mol. The monoisotopic (exact) mass is 317 g/mol. The van der Waals surface area contributed by atoms with Crippen molar-refractivity contribution >= 4 is 45.9 Å². The lowest BCUT2D eigenvalue weighted by Gasteiger charge is -2.09. The standard InChI is InChI=1S/C14H12ClN5S/c1-21-14-18-6-7-4-10(12(17)19-13(7)20-14)9-5-8(16)2-3-11(9)15/h2-6H,16H2,1H3,(H2,17,18,19,20). The Labute approximate surface area is 130 Å². The highest BCUT2D eigenvalue weighted by molar-refractivity contribution is 7.98. The number of pyridine rings is 1. The van der Waals surface area contributed by atoms with Crippen molar-refractivity contribution in [2.45, 2.75) is 5.16 Å². The van der Waals surface area contributed by atoms with Crippen molar-refractivity contribution in [1.29, 1.82) is 0 Å². The fourth-order valence-electron chi connectivity index (χ4n) is 2.03. The lowest BCUT2D eigenvalue weighted by Crippen LogP contribution is -1.98. The van der Waals surface area contributed by atoms with Gasteiger partial charge in [0, 0.05) is 33.4 Å². The molecule has 0 bridgehead atoms. The molecule has 0 fully saturated rings. The van der Waals surface area contributed by atoms with Gasteiger partial charge in [0.2, 0.25) is 0 Å². The number of thioether (sulfide) groups is 1. The van der Waals surface area contributed by atoms with Crippen molar-refractivity contribution in [3.05, 3.63) is 35.5 Å². The van der Waals surface area contributed by atoms with Crippen LogP contribution in [0.2, 0.25) is 5.02 Å². The minimum absolute atomic E-state index is 0.362. The van der Waals surface area contributed by atoms with Gasteiger partial charge in [-0.1, -0.05) is 23.4 Å². The normalized spacial score (nSPS) is 11.0. The fraction of sp³-hybridized carbons (Fsp3) is 0.0714. The third kappa shape index (κ3) is 2.59. The van der Waals surface area contributed by atoms with E-state index in [0.717, 1.165) is 16.5 Å². The zero-order chi connectivity index (χ0) is 15.0. The van der Waals surface area contributed by atoms with Crippen molar-refractivity contribution in [3.8, 4) is 11.1 Å². The number of nitrogen functional groups attached to an aromatic ring is 2. The molecule has 2 aromatic heterocycles. The van der Waals surface area contributed by atoms with E-state index in [0.29, 0.717) is 27.3 Å². The van der Waals surface area contributed by atoms with Crippen LogP contribution in [-0.2, 0) is 0 Å². The van der Waals surface area contributed by atoms with Crippen LogP contribution in [0.15, 0.2) is 35.6 Å². The van der Waals surface area contributed by atoms with E-state index < -0.39 is 0 Å². The Morgan fingerprint density at radius 1 is 1.10 bits per heavy atom. The summed E-state index contributed by atoms with van der Waals surface area (Å²) in [5.41, 5.74) is 14.5. The molecule has 0 aliphatic rings. The zero-order valence-corrected chi connectivity index (χ0v) is 12.7. The maximum absolute atomic E-state index is 6.23. The van der Waals surface area contributed by atoms with Crippen molar-refractivity contribution in [3.63, 3.8) is 0 Å². The average molecular weight is 318 g/mol. The largest absolute Gasteiger partial charge is 0.399 e. The Hall–Kier alpha value is -2.05. The summed E-state index contributed by atoms with van der Waals surface area (Å²) in [5, 5.41) is 2.03. The summed E-state index contributed by atoms with van der Waals surface area (Å²) >= 11 is 7.68. The second-order valence-electron chi connectivity index (χ2n) is 4.43. The average Bonchev–Trinajstić information content (AvgIpc) is 2.48. The molecule has 3 aromatic rings. The van der Waals surface area contributed by atoms with Crippen LogP contribution in [0.1, 0.15) is 0 Å². The van der Waals surface area contributed by atoms with E-state index in [-0.39, 0.29) is 0 Å². The predicted octanol–water partition coefficient (Wildman–Crippen LogP) is 3.23. The number of halogens is 1. The molecule has 3 rings (SSSR count). The molecular formula is C14H12ClN5S. The molecule has 0 atom stereocenters. The molecule has 5 nitrogen and oxygen atoms in total. The molecule has 0 saturated heterocycles. The number of hydrogen-bond donors (Lipinski definition) is 2. The van der Waals surface area contributed by atoms with Crippen molar-refractivity contribution < 1.29 is 0 Å². The van der Waals surface area contributed by atoms with Gasteiger partial charge in [-0.15, -0.1) is 0 Å². The number of hydrogen-bond acceptors (Lipinski definition) is 6. The topological polar surface area (TPSA) is 90.7 Å². The third-order valence-corrected chi connectivity index (χ3v) is 3.93. The summed E-state index contributed by atoms with van der Waals surface area (Å²) in [5.74, 6) is 0.362. The maximum atomic E-state index is 6.23. The van der Waals surface area contributed by atoms with Gasteiger partial charge in [0.1, 0.15) is 5.82 Å². The molecule has 0 saturated carbocycles. The van der Waals surface area contributed by atoms with Crippen LogP contribution in [0.5, 0.6) is 0 Å². The van der Waals surface area contributed by atoms with Gasteiger partial charge in [-0.05, 0) is 30.5 Å². The molecule has 0 spiro atoms. The highest BCUT2D eigenvalue weighted by Crippen LogP contribution is 2.34. The highest BCUT2D eigenvalue weighted by Gasteiger charge is 2.12. The maximum Gasteiger partial charge on any atom is 0.189 e. The second-order valence-corrected chi connectivity index (χ2v) is 5.61. The van der Waals surface area contributed by atoms with E-state index in [1.54, 1.807) is 24.4 Å². The zero-order valence-electron chi connectivity index (χ0n) is 11.2. The van der Waals surface area contributed by atoms with Crippen LogP contribution < -0.4 is 11.5 Å². The van der Waals surface area contributed by atoms with Crippen LogP contribution in [0.25, 0.3) is 22.2 Å². The first-order valence-electron chi connectivity index (χ1n) is 6.11. The van der Waals surface area contributed by atoms with E-state index in [9.17, 15) is 0 Å². The van der Waals surface area contributed by atoms with Gasteiger partial charge in [-0.2, -0.15) is 0 Å². The predicted molar refractivity (Wildman–Crippen MR) is 88.4 cm³/mol.